The predicted molar refractivity (Wildman–Crippen MR) is 97.8 cm³/mol. The molecule has 1 aliphatic rings. The lowest BCUT2D eigenvalue weighted by Gasteiger charge is -2.12. The van der Waals surface area contributed by atoms with Crippen LogP contribution < -0.4 is 4.72 Å². The number of rotatable bonds is 4. The first-order chi connectivity index (χ1) is 12.9. The molecular weight excluding hydrogens is 372 g/mol. The van der Waals surface area contributed by atoms with Gasteiger partial charge in [-0.3, -0.25) is 4.72 Å². The van der Waals surface area contributed by atoms with E-state index in [1.165, 1.54) is 0 Å². The maximum Gasteiger partial charge on any atom is 0.262 e. The molecule has 0 atom stereocenters. The molecule has 0 saturated carbocycles. The van der Waals surface area contributed by atoms with Crippen LogP contribution in [0.1, 0.15) is 18.7 Å². The zero-order valence-electron chi connectivity index (χ0n) is 14.3. The molecule has 27 heavy (non-hydrogen) atoms. The number of hydrogen-bond acceptors (Lipinski definition) is 3. The van der Waals surface area contributed by atoms with Gasteiger partial charge >= 0.3 is 0 Å². The average molecular weight is 389 g/mol. The first kappa shape index (κ1) is 17.7. The largest absolute Gasteiger partial charge is 0.334 e. The molecule has 0 bridgehead atoms. The van der Waals surface area contributed by atoms with Crippen molar-refractivity contribution in [1.29, 1.82) is 0 Å². The molecule has 0 fully saturated rings. The van der Waals surface area contributed by atoms with Gasteiger partial charge in [0, 0.05) is 30.8 Å². The summed E-state index contributed by atoms with van der Waals surface area (Å²) in [5.41, 5.74) is 1.58. The van der Waals surface area contributed by atoms with Crippen molar-refractivity contribution in [3.05, 3.63) is 66.1 Å². The summed E-state index contributed by atoms with van der Waals surface area (Å²) in [6, 6.07) is 9.02. The van der Waals surface area contributed by atoms with Crippen molar-refractivity contribution in [3.63, 3.8) is 0 Å². The zero-order valence-corrected chi connectivity index (χ0v) is 15.1. The Morgan fingerprint density at radius 3 is 2.52 bits per heavy atom. The fourth-order valence-corrected chi connectivity index (χ4v) is 4.35. The normalized spacial score (nSPS) is 14.0. The van der Waals surface area contributed by atoms with Crippen LogP contribution in [0, 0.1) is 11.6 Å². The SMILES string of the molecule is O=S(=O)(Nc1ccccc1-c1cn2c(n1)CCCC2)c1cc(F)cc(F)c1. The molecule has 8 heteroatoms. The molecule has 4 rings (SSSR count). The number of sulfonamides is 1. The maximum absolute atomic E-state index is 13.4. The van der Waals surface area contributed by atoms with Crippen LogP contribution in [0.15, 0.2) is 53.6 Å². The third kappa shape index (κ3) is 3.57. The Labute approximate surface area is 155 Å². The summed E-state index contributed by atoms with van der Waals surface area (Å²) in [5, 5.41) is 0. The minimum Gasteiger partial charge on any atom is -0.334 e. The molecular formula is C19H17F2N3O2S. The molecule has 0 radical (unpaired) electrons. The molecule has 2 aromatic carbocycles. The number of hydrogen-bond donors (Lipinski definition) is 1. The molecule has 0 unspecified atom stereocenters. The van der Waals surface area contributed by atoms with E-state index >= 15 is 0 Å². The van der Waals surface area contributed by atoms with Gasteiger partial charge in [0.25, 0.3) is 10.0 Å². The van der Waals surface area contributed by atoms with E-state index in [0.29, 0.717) is 23.0 Å². The van der Waals surface area contributed by atoms with Gasteiger partial charge in [0.05, 0.1) is 16.3 Å². The van der Waals surface area contributed by atoms with Crippen LogP contribution in [0.2, 0.25) is 0 Å². The van der Waals surface area contributed by atoms with E-state index in [4.69, 9.17) is 0 Å². The fourth-order valence-electron chi connectivity index (χ4n) is 3.23. The minimum absolute atomic E-state index is 0.303. The first-order valence-electron chi connectivity index (χ1n) is 8.57. The van der Waals surface area contributed by atoms with Gasteiger partial charge in [-0.05, 0) is 31.0 Å². The lowest BCUT2D eigenvalue weighted by Crippen LogP contribution is -2.14. The second-order valence-electron chi connectivity index (χ2n) is 6.45. The highest BCUT2D eigenvalue weighted by atomic mass is 32.2. The van der Waals surface area contributed by atoms with E-state index in [1.807, 2.05) is 6.20 Å². The molecule has 1 aromatic heterocycles. The molecule has 1 aliphatic heterocycles. The minimum atomic E-state index is -4.16. The van der Waals surface area contributed by atoms with Crippen molar-refractivity contribution in [2.45, 2.75) is 30.7 Å². The third-order valence-electron chi connectivity index (χ3n) is 4.50. The van der Waals surface area contributed by atoms with Crippen molar-refractivity contribution < 1.29 is 17.2 Å². The second-order valence-corrected chi connectivity index (χ2v) is 8.13. The molecule has 0 spiro atoms. The van der Waals surface area contributed by atoms with E-state index in [9.17, 15) is 17.2 Å². The number of fused-ring (bicyclic) bond motifs is 1. The van der Waals surface area contributed by atoms with Crippen LogP contribution in [-0.2, 0) is 23.0 Å². The molecule has 5 nitrogen and oxygen atoms in total. The Balaban J connectivity index is 1.72. The highest BCUT2D eigenvalue weighted by molar-refractivity contribution is 7.92. The zero-order chi connectivity index (χ0) is 19.0. The first-order valence-corrected chi connectivity index (χ1v) is 10.0. The van der Waals surface area contributed by atoms with Crippen molar-refractivity contribution in [3.8, 4) is 11.3 Å². The van der Waals surface area contributed by atoms with Crippen molar-refractivity contribution in [1.82, 2.24) is 9.55 Å². The van der Waals surface area contributed by atoms with Crippen molar-refractivity contribution in [2.24, 2.45) is 0 Å². The number of nitrogens with zero attached hydrogens (tertiary/aromatic N) is 2. The van der Waals surface area contributed by atoms with Gasteiger partial charge in [-0.2, -0.15) is 0 Å². The summed E-state index contributed by atoms with van der Waals surface area (Å²) in [6.07, 6.45) is 4.96. The maximum atomic E-state index is 13.4. The number of aryl methyl sites for hydroxylation is 2. The lowest BCUT2D eigenvalue weighted by atomic mass is 10.1. The third-order valence-corrected chi connectivity index (χ3v) is 5.85. The molecule has 0 saturated heterocycles. The molecule has 0 aliphatic carbocycles. The quantitative estimate of drug-likeness (QED) is 0.735. The summed E-state index contributed by atoms with van der Waals surface area (Å²) < 4.78 is 56.6. The van der Waals surface area contributed by atoms with E-state index in [-0.39, 0.29) is 0 Å². The van der Waals surface area contributed by atoms with Crippen LogP contribution in [-0.4, -0.2) is 18.0 Å². The van der Waals surface area contributed by atoms with Gasteiger partial charge in [0.15, 0.2) is 0 Å². The summed E-state index contributed by atoms with van der Waals surface area (Å²) >= 11 is 0. The number of imidazole rings is 1. The highest BCUT2D eigenvalue weighted by Gasteiger charge is 2.20. The molecule has 1 N–H and O–H groups in total. The molecule has 2 heterocycles. The van der Waals surface area contributed by atoms with Gasteiger partial charge in [-0.1, -0.05) is 18.2 Å². The summed E-state index contributed by atoms with van der Waals surface area (Å²) in [4.78, 5) is 4.15. The second kappa shape index (κ2) is 6.77. The number of benzene rings is 2. The lowest BCUT2D eigenvalue weighted by molar-refractivity contribution is 0.522. The standard InChI is InChI=1S/C19H17F2N3O2S/c20-13-9-14(21)11-15(10-13)27(25,26)23-17-6-2-1-5-16(17)18-12-24-8-4-3-7-19(24)22-18/h1-2,5-6,9-12,23H,3-4,7-8H2. The van der Waals surface area contributed by atoms with Gasteiger partial charge in [0.1, 0.15) is 17.5 Å². The number of para-hydroxylation sites is 1. The average Bonchev–Trinajstić information content (AvgIpc) is 3.05. The van der Waals surface area contributed by atoms with Gasteiger partial charge < -0.3 is 4.57 Å². The monoisotopic (exact) mass is 389 g/mol. The Kier molecular flexibility index (Phi) is 4.43. The summed E-state index contributed by atoms with van der Waals surface area (Å²) in [5.74, 6) is -0.933. The predicted octanol–water partition coefficient (Wildman–Crippen LogP) is 3.97. The molecule has 0 amide bonds. The molecule has 140 valence electrons. The van der Waals surface area contributed by atoms with Crippen molar-refractivity contribution in [2.75, 3.05) is 4.72 Å². The van der Waals surface area contributed by atoms with Crippen LogP contribution in [0.4, 0.5) is 14.5 Å². The number of halogens is 2. The van der Waals surface area contributed by atoms with E-state index in [2.05, 4.69) is 14.3 Å². The van der Waals surface area contributed by atoms with Gasteiger partial charge in [0.2, 0.25) is 0 Å². The fraction of sp³-hybridized carbons (Fsp3) is 0.211. The van der Waals surface area contributed by atoms with Gasteiger partial charge in [-0.15, -0.1) is 0 Å². The van der Waals surface area contributed by atoms with Crippen LogP contribution >= 0.6 is 0 Å². The Hall–Kier alpha value is -2.74. The Morgan fingerprint density at radius 1 is 1.04 bits per heavy atom. The van der Waals surface area contributed by atoms with E-state index in [1.54, 1.807) is 24.3 Å². The Morgan fingerprint density at radius 2 is 1.78 bits per heavy atom. The number of anilines is 1. The smallest absolute Gasteiger partial charge is 0.262 e. The summed E-state index contributed by atoms with van der Waals surface area (Å²) in [6.45, 7) is 0.888. The van der Waals surface area contributed by atoms with E-state index < -0.39 is 26.6 Å². The number of aromatic nitrogens is 2. The Bertz CT molecular complexity index is 1070. The summed E-state index contributed by atoms with van der Waals surface area (Å²) in [7, 11) is -4.16. The highest BCUT2D eigenvalue weighted by Crippen LogP contribution is 2.30. The van der Waals surface area contributed by atoms with E-state index in [0.717, 1.165) is 43.8 Å². The number of nitrogens with one attached hydrogen (secondary N) is 1. The van der Waals surface area contributed by atoms with Crippen LogP contribution in [0.3, 0.4) is 0 Å². The molecule has 3 aromatic rings. The van der Waals surface area contributed by atoms with Crippen LogP contribution in [0.25, 0.3) is 11.3 Å². The topological polar surface area (TPSA) is 64.0 Å². The van der Waals surface area contributed by atoms with Gasteiger partial charge in [-0.25, -0.2) is 22.2 Å². The van der Waals surface area contributed by atoms with Crippen LogP contribution in [0.5, 0.6) is 0 Å². The van der Waals surface area contributed by atoms with Crippen molar-refractivity contribution >= 4 is 15.7 Å².